The van der Waals surface area contributed by atoms with E-state index in [0.717, 1.165) is 32.8 Å². The Bertz CT molecular complexity index is 821. The van der Waals surface area contributed by atoms with Crippen LogP contribution in [0.4, 0.5) is 5.69 Å². The summed E-state index contributed by atoms with van der Waals surface area (Å²) in [4.78, 5) is 12.2. The zero-order chi connectivity index (χ0) is 16.7. The second-order valence-corrected chi connectivity index (χ2v) is 6.69. The first-order chi connectivity index (χ1) is 11.7. The molecule has 1 N–H and O–H groups in total. The third kappa shape index (κ3) is 2.60. The van der Waals surface area contributed by atoms with Gasteiger partial charge in [-0.25, -0.2) is 0 Å². The van der Waals surface area contributed by atoms with Crippen LogP contribution in [0.1, 0.15) is 23.5 Å². The number of carbonyl (C=O) groups excluding carboxylic acids is 1. The number of ether oxygens (including phenoxy) is 3. The molecule has 4 rings (SSSR count). The monoisotopic (exact) mass is 389 g/mol. The maximum absolute atomic E-state index is 12.2. The standard InChI is InChI=1S/C18H16BrNO4/c1-22-15-3-2-10(19)6-13(15)11-8-18(21)20-14-9-17-16(7-12(11)14)23-4-5-24-17/h2-3,6-7,9,11H,4-5,8H2,1H3,(H,20,21)/t11-/m1/s1. The summed E-state index contributed by atoms with van der Waals surface area (Å²) in [5.41, 5.74) is 2.75. The van der Waals surface area contributed by atoms with Crippen molar-refractivity contribution < 1.29 is 19.0 Å². The third-order valence-corrected chi connectivity index (χ3v) is 4.81. The number of rotatable bonds is 2. The van der Waals surface area contributed by atoms with E-state index in [1.54, 1.807) is 7.11 Å². The van der Waals surface area contributed by atoms with Crippen LogP contribution >= 0.6 is 15.9 Å². The highest BCUT2D eigenvalue weighted by Crippen LogP contribution is 2.46. The molecule has 6 heteroatoms. The maximum Gasteiger partial charge on any atom is 0.225 e. The van der Waals surface area contributed by atoms with E-state index in [-0.39, 0.29) is 11.8 Å². The van der Waals surface area contributed by atoms with Gasteiger partial charge in [0.1, 0.15) is 19.0 Å². The molecule has 0 spiro atoms. The average molecular weight is 390 g/mol. The average Bonchev–Trinajstić information content (AvgIpc) is 2.59. The van der Waals surface area contributed by atoms with Gasteiger partial charge in [0.25, 0.3) is 0 Å². The predicted molar refractivity (Wildman–Crippen MR) is 93.2 cm³/mol. The van der Waals surface area contributed by atoms with Gasteiger partial charge < -0.3 is 19.5 Å². The molecule has 24 heavy (non-hydrogen) atoms. The molecular formula is C18H16BrNO4. The summed E-state index contributed by atoms with van der Waals surface area (Å²) in [6.07, 6.45) is 0.361. The van der Waals surface area contributed by atoms with Crippen LogP contribution < -0.4 is 19.5 Å². The Balaban J connectivity index is 1.87. The molecule has 0 aromatic heterocycles. The van der Waals surface area contributed by atoms with Crippen molar-refractivity contribution in [2.45, 2.75) is 12.3 Å². The number of halogens is 1. The fraction of sp³-hybridized carbons (Fsp3) is 0.278. The molecule has 0 saturated carbocycles. The molecular weight excluding hydrogens is 374 g/mol. The molecule has 0 radical (unpaired) electrons. The predicted octanol–water partition coefficient (Wildman–Crippen LogP) is 3.70. The lowest BCUT2D eigenvalue weighted by Gasteiger charge is -2.29. The first kappa shape index (κ1) is 15.3. The van der Waals surface area contributed by atoms with Crippen LogP contribution in [0.3, 0.4) is 0 Å². The van der Waals surface area contributed by atoms with Crippen LogP contribution in [0, 0.1) is 0 Å². The second kappa shape index (κ2) is 6.02. The Hall–Kier alpha value is -2.21. The molecule has 0 bridgehead atoms. The molecule has 0 fully saturated rings. The number of nitrogens with one attached hydrogen (secondary N) is 1. The molecule has 2 aromatic carbocycles. The van der Waals surface area contributed by atoms with Gasteiger partial charge >= 0.3 is 0 Å². The highest BCUT2D eigenvalue weighted by molar-refractivity contribution is 9.10. The molecule has 0 unspecified atom stereocenters. The lowest BCUT2D eigenvalue weighted by molar-refractivity contribution is -0.116. The van der Waals surface area contributed by atoms with Crippen molar-refractivity contribution in [1.29, 1.82) is 0 Å². The van der Waals surface area contributed by atoms with Gasteiger partial charge in [0.05, 0.1) is 7.11 Å². The SMILES string of the molecule is COc1ccc(Br)cc1[C@@H]1CC(=O)Nc2cc3c(cc21)OCCO3. The highest BCUT2D eigenvalue weighted by Gasteiger charge is 2.31. The smallest absolute Gasteiger partial charge is 0.225 e. The first-order valence-corrected chi connectivity index (χ1v) is 8.52. The van der Waals surface area contributed by atoms with Gasteiger partial charge in [-0.05, 0) is 29.8 Å². The van der Waals surface area contributed by atoms with Crippen LogP contribution in [0.25, 0.3) is 0 Å². The zero-order valence-corrected chi connectivity index (χ0v) is 14.7. The van der Waals surface area contributed by atoms with E-state index in [1.807, 2.05) is 30.3 Å². The Morgan fingerprint density at radius 1 is 1.12 bits per heavy atom. The van der Waals surface area contributed by atoms with Gasteiger partial charge in [-0.15, -0.1) is 0 Å². The van der Waals surface area contributed by atoms with Crippen LogP contribution in [-0.4, -0.2) is 26.2 Å². The van der Waals surface area contributed by atoms with Crippen LogP contribution in [0.15, 0.2) is 34.8 Å². The number of amides is 1. The van der Waals surface area contributed by atoms with Crippen LogP contribution in [-0.2, 0) is 4.79 Å². The quantitative estimate of drug-likeness (QED) is 0.850. The van der Waals surface area contributed by atoms with Gasteiger partial charge in [0.2, 0.25) is 5.91 Å². The van der Waals surface area contributed by atoms with Crippen molar-refractivity contribution in [1.82, 2.24) is 0 Å². The van der Waals surface area contributed by atoms with E-state index in [0.29, 0.717) is 25.4 Å². The van der Waals surface area contributed by atoms with Gasteiger partial charge in [-0.2, -0.15) is 0 Å². The van der Waals surface area contributed by atoms with E-state index in [2.05, 4.69) is 21.2 Å². The van der Waals surface area contributed by atoms with Crippen LogP contribution in [0.5, 0.6) is 17.2 Å². The summed E-state index contributed by atoms with van der Waals surface area (Å²) < 4.78 is 17.8. The van der Waals surface area contributed by atoms with Crippen molar-refractivity contribution >= 4 is 27.5 Å². The largest absolute Gasteiger partial charge is 0.496 e. The Morgan fingerprint density at radius 3 is 2.62 bits per heavy atom. The van der Waals surface area contributed by atoms with E-state index in [4.69, 9.17) is 14.2 Å². The molecule has 1 atom stereocenters. The van der Waals surface area contributed by atoms with E-state index < -0.39 is 0 Å². The minimum atomic E-state index is -0.1000. The van der Waals surface area contributed by atoms with Crippen molar-refractivity contribution in [3.05, 3.63) is 45.9 Å². The summed E-state index contributed by atoms with van der Waals surface area (Å²) >= 11 is 3.51. The summed E-state index contributed by atoms with van der Waals surface area (Å²) in [6.45, 7) is 1.05. The van der Waals surface area contributed by atoms with Crippen LogP contribution in [0.2, 0.25) is 0 Å². The lowest BCUT2D eigenvalue weighted by Crippen LogP contribution is -2.25. The third-order valence-electron chi connectivity index (χ3n) is 4.32. The van der Waals surface area contributed by atoms with Gasteiger partial charge in [-0.1, -0.05) is 15.9 Å². The number of benzene rings is 2. The van der Waals surface area contributed by atoms with Crippen molar-refractivity contribution in [3.63, 3.8) is 0 Å². The number of fused-ring (bicyclic) bond motifs is 2. The molecule has 2 aliphatic heterocycles. The van der Waals surface area contributed by atoms with Crippen molar-refractivity contribution in [3.8, 4) is 17.2 Å². The molecule has 0 saturated heterocycles. The van der Waals surface area contributed by atoms with Crippen molar-refractivity contribution in [2.75, 3.05) is 25.6 Å². The molecule has 2 aromatic rings. The Labute approximate surface area is 148 Å². The molecule has 5 nitrogen and oxygen atoms in total. The molecule has 124 valence electrons. The number of hydrogen-bond donors (Lipinski definition) is 1. The van der Waals surface area contributed by atoms with Gasteiger partial charge in [0.15, 0.2) is 11.5 Å². The number of anilines is 1. The lowest BCUT2D eigenvalue weighted by atomic mass is 9.84. The summed E-state index contributed by atoms with van der Waals surface area (Å²) in [6, 6.07) is 9.65. The molecule has 2 heterocycles. The topological polar surface area (TPSA) is 56.8 Å². The van der Waals surface area contributed by atoms with Gasteiger partial charge in [0, 0.05) is 34.1 Å². The molecule has 0 aliphatic carbocycles. The minimum absolute atomic E-state index is 0.0220. The maximum atomic E-state index is 12.2. The van der Waals surface area contributed by atoms with E-state index in [1.165, 1.54) is 0 Å². The summed E-state index contributed by atoms with van der Waals surface area (Å²) in [5.74, 6) is 2.03. The van der Waals surface area contributed by atoms with E-state index >= 15 is 0 Å². The number of methoxy groups -OCH3 is 1. The minimum Gasteiger partial charge on any atom is -0.496 e. The van der Waals surface area contributed by atoms with Crippen molar-refractivity contribution in [2.24, 2.45) is 0 Å². The first-order valence-electron chi connectivity index (χ1n) is 7.72. The Morgan fingerprint density at radius 2 is 1.88 bits per heavy atom. The second-order valence-electron chi connectivity index (χ2n) is 5.77. The fourth-order valence-corrected chi connectivity index (χ4v) is 3.63. The van der Waals surface area contributed by atoms with Gasteiger partial charge in [-0.3, -0.25) is 4.79 Å². The number of hydrogen-bond acceptors (Lipinski definition) is 4. The highest BCUT2D eigenvalue weighted by atomic mass is 79.9. The molecule has 1 amide bonds. The Kier molecular flexibility index (Phi) is 3.84. The number of carbonyl (C=O) groups is 1. The normalized spacial score (nSPS) is 18.6. The fourth-order valence-electron chi connectivity index (χ4n) is 3.25. The van der Waals surface area contributed by atoms with E-state index in [9.17, 15) is 4.79 Å². The summed E-state index contributed by atoms with van der Waals surface area (Å²) in [7, 11) is 1.64. The zero-order valence-electron chi connectivity index (χ0n) is 13.1. The summed E-state index contributed by atoms with van der Waals surface area (Å²) in [5, 5.41) is 2.93. The molecule has 2 aliphatic rings.